The SMILES string of the molecule is C=C(c1ccccc1)C(CCNC(=O)c1cccn1C)N(C)C(=O)c1coc2ccccc12. The lowest BCUT2D eigenvalue weighted by Crippen LogP contribution is -2.40. The van der Waals surface area contributed by atoms with E-state index in [2.05, 4.69) is 11.9 Å². The normalized spacial score (nSPS) is 11.8. The summed E-state index contributed by atoms with van der Waals surface area (Å²) in [4.78, 5) is 27.7. The molecule has 6 heteroatoms. The van der Waals surface area contributed by atoms with E-state index in [9.17, 15) is 9.59 Å². The van der Waals surface area contributed by atoms with Crippen molar-refractivity contribution in [3.8, 4) is 0 Å². The quantitative estimate of drug-likeness (QED) is 0.429. The maximum Gasteiger partial charge on any atom is 0.267 e. The Kier molecular flexibility index (Phi) is 6.45. The molecule has 1 unspecified atom stereocenters. The standard InChI is InChI=1S/C27H27N3O3/c1-19(20-10-5-4-6-11-20)23(15-16-28-26(31)24-13-9-17-29(24)2)30(3)27(32)22-18-33-25-14-8-7-12-21(22)25/h4-14,17-18,23H,1,15-16H2,2-3H3,(H,28,31). The van der Waals surface area contributed by atoms with Crippen molar-refractivity contribution < 1.29 is 14.0 Å². The largest absolute Gasteiger partial charge is 0.463 e. The second kappa shape index (κ2) is 9.61. The Balaban J connectivity index is 1.55. The molecule has 0 saturated carbocycles. The summed E-state index contributed by atoms with van der Waals surface area (Å²) in [5, 5.41) is 3.74. The molecule has 2 aromatic heterocycles. The van der Waals surface area contributed by atoms with Gasteiger partial charge in [0.1, 0.15) is 17.5 Å². The molecule has 0 bridgehead atoms. The van der Waals surface area contributed by atoms with Gasteiger partial charge in [-0.1, -0.05) is 55.1 Å². The Morgan fingerprint density at radius 2 is 1.79 bits per heavy atom. The number of hydrogen-bond donors (Lipinski definition) is 1. The molecule has 33 heavy (non-hydrogen) atoms. The lowest BCUT2D eigenvalue weighted by molar-refractivity contribution is 0.0761. The molecular weight excluding hydrogens is 414 g/mol. The van der Waals surface area contributed by atoms with E-state index in [4.69, 9.17) is 4.42 Å². The number of hydrogen-bond acceptors (Lipinski definition) is 3. The van der Waals surface area contributed by atoms with Gasteiger partial charge in [-0.25, -0.2) is 0 Å². The number of amides is 2. The monoisotopic (exact) mass is 441 g/mol. The van der Waals surface area contributed by atoms with Crippen molar-refractivity contribution in [3.63, 3.8) is 0 Å². The molecule has 2 amide bonds. The van der Waals surface area contributed by atoms with Crippen LogP contribution in [0.25, 0.3) is 16.5 Å². The van der Waals surface area contributed by atoms with Crippen molar-refractivity contribution >= 4 is 28.4 Å². The molecule has 6 nitrogen and oxygen atoms in total. The lowest BCUT2D eigenvalue weighted by Gasteiger charge is -2.30. The van der Waals surface area contributed by atoms with E-state index >= 15 is 0 Å². The second-order valence-corrected chi connectivity index (χ2v) is 8.02. The lowest BCUT2D eigenvalue weighted by atomic mass is 9.96. The van der Waals surface area contributed by atoms with E-state index in [1.165, 1.54) is 6.26 Å². The summed E-state index contributed by atoms with van der Waals surface area (Å²) >= 11 is 0. The molecule has 0 spiro atoms. The number of nitrogens with one attached hydrogen (secondary N) is 1. The molecule has 0 fully saturated rings. The topological polar surface area (TPSA) is 67.5 Å². The summed E-state index contributed by atoms with van der Waals surface area (Å²) in [6.45, 7) is 4.69. The fourth-order valence-electron chi connectivity index (χ4n) is 4.03. The van der Waals surface area contributed by atoms with Crippen molar-refractivity contribution in [2.75, 3.05) is 13.6 Å². The van der Waals surface area contributed by atoms with Crippen molar-refractivity contribution in [3.05, 3.63) is 103 Å². The van der Waals surface area contributed by atoms with Gasteiger partial charge in [-0.3, -0.25) is 9.59 Å². The van der Waals surface area contributed by atoms with Crippen LogP contribution < -0.4 is 5.32 Å². The Morgan fingerprint density at radius 3 is 2.52 bits per heavy atom. The highest BCUT2D eigenvalue weighted by molar-refractivity contribution is 6.06. The molecule has 168 valence electrons. The molecule has 0 aliphatic heterocycles. The first-order chi connectivity index (χ1) is 16.0. The maximum atomic E-state index is 13.5. The number of aryl methyl sites for hydroxylation is 1. The van der Waals surface area contributed by atoms with E-state index in [1.54, 1.807) is 22.6 Å². The summed E-state index contributed by atoms with van der Waals surface area (Å²) in [5.74, 6) is -0.308. The molecule has 0 radical (unpaired) electrons. The number of likely N-dealkylation sites (N-methyl/N-ethyl adjacent to an activating group) is 1. The minimum Gasteiger partial charge on any atom is -0.463 e. The molecule has 2 aromatic carbocycles. The van der Waals surface area contributed by atoms with Crippen LogP contribution in [-0.2, 0) is 7.05 Å². The number of fused-ring (bicyclic) bond motifs is 1. The van der Waals surface area contributed by atoms with Crippen molar-refractivity contribution in [2.45, 2.75) is 12.5 Å². The highest BCUT2D eigenvalue weighted by atomic mass is 16.3. The van der Waals surface area contributed by atoms with Crippen LogP contribution in [0.3, 0.4) is 0 Å². The first-order valence-corrected chi connectivity index (χ1v) is 10.8. The predicted molar refractivity (Wildman–Crippen MR) is 130 cm³/mol. The Morgan fingerprint density at radius 1 is 1.06 bits per heavy atom. The molecular formula is C27H27N3O3. The molecule has 2 heterocycles. The number of carbonyl (C=O) groups excluding carboxylic acids is 2. The van der Waals surface area contributed by atoms with Crippen LogP contribution in [0.5, 0.6) is 0 Å². The van der Waals surface area contributed by atoms with Crippen LogP contribution in [0.4, 0.5) is 0 Å². The number of furan rings is 1. The summed E-state index contributed by atoms with van der Waals surface area (Å²) < 4.78 is 7.35. The summed E-state index contributed by atoms with van der Waals surface area (Å²) in [6, 6.07) is 20.5. The summed E-state index contributed by atoms with van der Waals surface area (Å²) in [5.41, 5.74) is 3.53. The third kappa shape index (κ3) is 4.60. The van der Waals surface area contributed by atoms with Gasteiger partial charge in [-0.05, 0) is 35.8 Å². The zero-order chi connectivity index (χ0) is 23.4. The van der Waals surface area contributed by atoms with Gasteiger partial charge in [0.05, 0.1) is 11.6 Å². The van der Waals surface area contributed by atoms with Gasteiger partial charge in [0.25, 0.3) is 11.8 Å². The minimum atomic E-state index is -0.317. The number of benzene rings is 2. The fraction of sp³-hybridized carbons (Fsp3) is 0.185. The zero-order valence-corrected chi connectivity index (χ0v) is 18.8. The van der Waals surface area contributed by atoms with E-state index in [-0.39, 0.29) is 17.9 Å². The van der Waals surface area contributed by atoms with Crippen molar-refractivity contribution in [1.82, 2.24) is 14.8 Å². The highest BCUT2D eigenvalue weighted by Crippen LogP contribution is 2.27. The molecule has 0 aliphatic carbocycles. The van der Waals surface area contributed by atoms with E-state index < -0.39 is 0 Å². The first-order valence-electron chi connectivity index (χ1n) is 10.8. The average molecular weight is 442 g/mol. The molecule has 0 saturated heterocycles. The minimum absolute atomic E-state index is 0.151. The van der Waals surface area contributed by atoms with Crippen LogP contribution in [0.1, 0.15) is 32.8 Å². The van der Waals surface area contributed by atoms with Crippen LogP contribution in [0.15, 0.2) is 90.2 Å². The van der Waals surface area contributed by atoms with Gasteiger partial charge in [-0.2, -0.15) is 0 Å². The van der Waals surface area contributed by atoms with Gasteiger partial charge in [0.15, 0.2) is 0 Å². The highest BCUT2D eigenvalue weighted by Gasteiger charge is 2.26. The Bertz CT molecular complexity index is 1290. The van der Waals surface area contributed by atoms with Gasteiger partial charge in [-0.15, -0.1) is 0 Å². The van der Waals surface area contributed by atoms with Crippen molar-refractivity contribution in [1.29, 1.82) is 0 Å². The van der Waals surface area contributed by atoms with Gasteiger partial charge in [0.2, 0.25) is 0 Å². The van der Waals surface area contributed by atoms with Crippen LogP contribution in [0, 0.1) is 0 Å². The molecule has 1 atom stereocenters. The van der Waals surface area contributed by atoms with Gasteiger partial charge >= 0.3 is 0 Å². The summed E-state index contributed by atoms with van der Waals surface area (Å²) in [7, 11) is 3.60. The average Bonchev–Trinajstić information content (AvgIpc) is 3.47. The zero-order valence-electron chi connectivity index (χ0n) is 18.8. The van der Waals surface area contributed by atoms with Gasteiger partial charge < -0.3 is 19.2 Å². The summed E-state index contributed by atoms with van der Waals surface area (Å²) in [6.07, 6.45) is 3.85. The van der Waals surface area contributed by atoms with Crippen LogP contribution >= 0.6 is 0 Å². The molecule has 4 rings (SSSR count). The number of nitrogens with zero attached hydrogens (tertiary/aromatic N) is 2. The van der Waals surface area contributed by atoms with E-state index in [0.29, 0.717) is 29.8 Å². The Hall–Kier alpha value is -4.06. The number of rotatable bonds is 8. The first kappa shape index (κ1) is 22.1. The fourth-order valence-corrected chi connectivity index (χ4v) is 4.03. The second-order valence-electron chi connectivity index (χ2n) is 8.02. The number of carbonyl (C=O) groups is 2. The van der Waals surface area contributed by atoms with E-state index in [0.717, 1.165) is 16.5 Å². The van der Waals surface area contributed by atoms with Crippen LogP contribution in [-0.4, -0.2) is 40.9 Å². The van der Waals surface area contributed by atoms with E-state index in [1.807, 2.05) is 73.9 Å². The predicted octanol–water partition coefficient (Wildman–Crippen LogP) is 4.75. The third-order valence-electron chi connectivity index (χ3n) is 5.93. The third-order valence-corrected chi connectivity index (χ3v) is 5.93. The smallest absolute Gasteiger partial charge is 0.267 e. The molecule has 0 aliphatic rings. The van der Waals surface area contributed by atoms with Gasteiger partial charge in [0, 0.05) is 32.2 Å². The van der Waals surface area contributed by atoms with Crippen LogP contribution in [0.2, 0.25) is 0 Å². The molecule has 1 N–H and O–H groups in total. The van der Waals surface area contributed by atoms with Crippen molar-refractivity contribution in [2.24, 2.45) is 7.05 Å². The molecule has 4 aromatic rings. The maximum absolute atomic E-state index is 13.5. The Labute approximate surface area is 193 Å². The number of para-hydroxylation sites is 1. The number of aromatic nitrogens is 1.